The zero-order chi connectivity index (χ0) is 14.1. The number of aromatic hydroxyl groups is 1. The summed E-state index contributed by atoms with van der Waals surface area (Å²) in [5, 5.41) is 9.88. The standard InChI is InChI=1S/C14H12N2O3S/c1-8-2-3-10-11(4-8)16-14(15-10)20-7-9-5-12(17)13(18)6-19-9/h2-6,18H,7H2,1H3,(H,15,16). The Morgan fingerprint density at radius 1 is 1.40 bits per heavy atom. The number of aromatic nitrogens is 2. The zero-order valence-electron chi connectivity index (χ0n) is 10.7. The molecule has 5 nitrogen and oxygen atoms in total. The average Bonchev–Trinajstić information content (AvgIpc) is 2.82. The Morgan fingerprint density at radius 2 is 2.25 bits per heavy atom. The van der Waals surface area contributed by atoms with Gasteiger partial charge in [-0.1, -0.05) is 17.8 Å². The van der Waals surface area contributed by atoms with E-state index in [1.807, 2.05) is 25.1 Å². The molecule has 0 amide bonds. The van der Waals surface area contributed by atoms with E-state index in [2.05, 4.69) is 9.97 Å². The van der Waals surface area contributed by atoms with Crippen LogP contribution in [0.4, 0.5) is 0 Å². The highest BCUT2D eigenvalue weighted by atomic mass is 32.2. The lowest BCUT2D eigenvalue weighted by Crippen LogP contribution is -1.99. The SMILES string of the molecule is Cc1ccc2nc(SCc3cc(=O)c(O)co3)[nH]c2c1. The second-order valence-corrected chi connectivity index (χ2v) is 5.41. The van der Waals surface area contributed by atoms with E-state index in [1.54, 1.807) is 0 Å². The summed E-state index contributed by atoms with van der Waals surface area (Å²) in [7, 11) is 0. The molecule has 0 fully saturated rings. The number of nitrogens with one attached hydrogen (secondary N) is 1. The van der Waals surface area contributed by atoms with E-state index in [4.69, 9.17) is 9.52 Å². The van der Waals surface area contributed by atoms with Gasteiger partial charge >= 0.3 is 0 Å². The van der Waals surface area contributed by atoms with Crippen LogP contribution in [0.1, 0.15) is 11.3 Å². The molecule has 3 aromatic rings. The molecule has 2 aromatic heterocycles. The number of aromatic amines is 1. The van der Waals surface area contributed by atoms with E-state index in [9.17, 15) is 4.79 Å². The van der Waals surface area contributed by atoms with Crippen LogP contribution in [0.25, 0.3) is 11.0 Å². The van der Waals surface area contributed by atoms with Crippen molar-refractivity contribution in [1.82, 2.24) is 9.97 Å². The van der Waals surface area contributed by atoms with E-state index < -0.39 is 5.43 Å². The molecular formula is C14H12N2O3S. The van der Waals surface area contributed by atoms with Crippen molar-refractivity contribution in [3.63, 3.8) is 0 Å². The first-order chi connectivity index (χ1) is 9.61. The van der Waals surface area contributed by atoms with Crippen molar-refractivity contribution in [2.45, 2.75) is 17.8 Å². The Kier molecular flexibility index (Phi) is 3.23. The maximum atomic E-state index is 11.3. The number of aryl methyl sites for hydroxylation is 1. The zero-order valence-corrected chi connectivity index (χ0v) is 11.5. The van der Waals surface area contributed by atoms with Gasteiger partial charge in [0.1, 0.15) is 12.0 Å². The number of thioether (sulfide) groups is 1. The molecule has 0 aliphatic heterocycles. The molecule has 0 aliphatic rings. The number of benzene rings is 1. The topological polar surface area (TPSA) is 79.1 Å². The molecule has 0 radical (unpaired) electrons. The Balaban J connectivity index is 1.79. The lowest BCUT2D eigenvalue weighted by atomic mass is 10.2. The molecule has 20 heavy (non-hydrogen) atoms. The third-order valence-electron chi connectivity index (χ3n) is 2.83. The fourth-order valence-electron chi connectivity index (χ4n) is 1.83. The second-order valence-electron chi connectivity index (χ2n) is 4.45. The van der Waals surface area contributed by atoms with Crippen LogP contribution in [0.2, 0.25) is 0 Å². The number of hydrogen-bond acceptors (Lipinski definition) is 5. The second kappa shape index (κ2) is 5.05. The summed E-state index contributed by atoms with van der Waals surface area (Å²) >= 11 is 1.44. The van der Waals surface area contributed by atoms with Crippen LogP contribution in [0.3, 0.4) is 0 Å². The van der Waals surface area contributed by atoms with Crippen molar-refractivity contribution in [2.24, 2.45) is 0 Å². The van der Waals surface area contributed by atoms with Crippen molar-refractivity contribution in [3.8, 4) is 5.75 Å². The van der Waals surface area contributed by atoms with Crippen LogP contribution >= 0.6 is 11.8 Å². The first-order valence-electron chi connectivity index (χ1n) is 6.02. The Morgan fingerprint density at radius 3 is 3.05 bits per heavy atom. The van der Waals surface area contributed by atoms with Gasteiger partial charge in [0.25, 0.3) is 0 Å². The van der Waals surface area contributed by atoms with Gasteiger partial charge in [-0.3, -0.25) is 4.79 Å². The normalized spacial score (nSPS) is 11.1. The molecule has 1 aromatic carbocycles. The molecule has 0 aliphatic carbocycles. The minimum atomic E-state index is -0.438. The van der Waals surface area contributed by atoms with Gasteiger partial charge in [0.15, 0.2) is 10.9 Å². The predicted molar refractivity (Wildman–Crippen MR) is 77.0 cm³/mol. The highest BCUT2D eigenvalue weighted by Crippen LogP contribution is 2.23. The van der Waals surface area contributed by atoms with Gasteiger partial charge in [0.05, 0.1) is 16.8 Å². The van der Waals surface area contributed by atoms with Gasteiger partial charge in [-0.05, 0) is 24.6 Å². The first-order valence-corrected chi connectivity index (χ1v) is 7.00. The highest BCUT2D eigenvalue weighted by molar-refractivity contribution is 7.98. The molecule has 0 atom stereocenters. The summed E-state index contributed by atoms with van der Waals surface area (Å²) in [4.78, 5) is 18.9. The van der Waals surface area contributed by atoms with Crippen molar-refractivity contribution in [1.29, 1.82) is 0 Å². The predicted octanol–water partition coefficient (Wildman–Crippen LogP) is 2.82. The van der Waals surface area contributed by atoms with Crippen molar-refractivity contribution in [2.75, 3.05) is 0 Å². The molecule has 0 saturated carbocycles. The minimum Gasteiger partial charge on any atom is -0.502 e. The quantitative estimate of drug-likeness (QED) is 0.724. The number of nitrogens with zero attached hydrogens (tertiary/aromatic N) is 1. The van der Waals surface area contributed by atoms with Crippen LogP contribution in [0, 0.1) is 6.92 Å². The summed E-state index contributed by atoms with van der Waals surface area (Å²) in [5.74, 6) is 0.585. The maximum absolute atomic E-state index is 11.3. The number of rotatable bonds is 3. The van der Waals surface area contributed by atoms with E-state index in [1.165, 1.54) is 23.4 Å². The fourth-order valence-corrected chi connectivity index (χ4v) is 2.60. The third kappa shape index (κ3) is 2.55. The van der Waals surface area contributed by atoms with Crippen molar-refractivity contribution < 1.29 is 9.52 Å². The van der Waals surface area contributed by atoms with E-state index >= 15 is 0 Å². The Bertz CT molecular complexity index is 823. The molecule has 0 unspecified atom stereocenters. The Hall–Kier alpha value is -2.21. The summed E-state index contributed by atoms with van der Waals surface area (Å²) in [6.07, 6.45) is 1.06. The molecular weight excluding hydrogens is 276 g/mol. The summed E-state index contributed by atoms with van der Waals surface area (Å²) < 4.78 is 5.14. The van der Waals surface area contributed by atoms with Crippen LogP contribution in [0.15, 0.2) is 44.9 Å². The number of H-pyrrole nitrogens is 1. The van der Waals surface area contributed by atoms with Crippen LogP contribution < -0.4 is 5.43 Å². The number of hydrogen-bond donors (Lipinski definition) is 2. The van der Waals surface area contributed by atoms with E-state index in [0.717, 1.165) is 22.5 Å². The monoisotopic (exact) mass is 288 g/mol. The van der Waals surface area contributed by atoms with Gasteiger partial charge in [-0.25, -0.2) is 4.98 Å². The fraction of sp³-hybridized carbons (Fsp3) is 0.143. The maximum Gasteiger partial charge on any atom is 0.226 e. The van der Waals surface area contributed by atoms with E-state index in [-0.39, 0.29) is 5.75 Å². The lowest BCUT2D eigenvalue weighted by Gasteiger charge is -1.98. The van der Waals surface area contributed by atoms with E-state index in [0.29, 0.717) is 11.5 Å². The summed E-state index contributed by atoms with van der Waals surface area (Å²) in [5.41, 5.74) is 2.62. The van der Waals surface area contributed by atoms with Crippen LogP contribution in [0.5, 0.6) is 5.75 Å². The van der Waals surface area contributed by atoms with Gasteiger partial charge in [0, 0.05) is 6.07 Å². The largest absolute Gasteiger partial charge is 0.502 e. The minimum absolute atomic E-state index is 0.377. The molecule has 0 spiro atoms. The molecule has 0 bridgehead atoms. The molecule has 6 heteroatoms. The highest BCUT2D eigenvalue weighted by Gasteiger charge is 2.06. The van der Waals surface area contributed by atoms with Crippen molar-refractivity contribution in [3.05, 3.63) is 52.1 Å². The lowest BCUT2D eigenvalue weighted by molar-refractivity contribution is 0.419. The average molecular weight is 288 g/mol. The Labute approximate surface area is 118 Å². The molecule has 3 rings (SSSR count). The molecule has 0 saturated heterocycles. The summed E-state index contributed by atoms with van der Waals surface area (Å²) in [6, 6.07) is 7.30. The van der Waals surface area contributed by atoms with Crippen LogP contribution in [-0.4, -0.2) is 15.1 Å². The van der Waals surface area contributed by atoms with Gasteiger partial charge in [0.2, 0.25) is 5.43 Å². The van der Waals surface area contributed by atoms with Crippen molar-refractivity contribution >= 4 is 22.8 Å². The molecule has 2 N–H and O–H groups in total. The number of fused-ring (bicyclic) bond motifs is 1. The number of imidazole rings is 1. The van der Waals surface area contributed by atoms with Gasteiger partial charge < -0.3 is 14.5 Å². The van der Waals surface area contributed by atoms with Crippen LogP contribution in [-0.2, 0) is 5.75 Å². The van der Waals surface area contributed by atoms with Gasteiger partial charge in [-0.2, -0.15) is 0 Å². The summed E-state index contributed by atoms with van der Waals surface area (Å²) in [6.45, 7) is 2.03. The molecule has 2 heterocycles. The smallest absolute Gasteiger partial charge is 0.226 e. The third-order valence-corrected chi connectivity index (χ3v) is 3.73. The molecule has 102 valence electrons. The van der Waals surface area contributed by atoms with Gasteiger partial charge in [-0.15, -0.1) is 0 Å². The first kappa shape index (κ1) is 12.8.